The molecule has 1 heterocycles. The van der Waals surface area contributed by atoms with Crippen LogP contribution in [-0.2, 0) is 11.2 Å². The number of carbonyl (C=O) groups excluding carboxylic acids is 1. The standard InChI is InChI=1S/C25H33NO2/c1-3-5-7-19-8-11-22(12-9-19)25(27)28-23-15-13-21(14-16-23)24-17-10-20(6-4-2)18-26-24/h10,13-19,22H,3-9,11-12H2,1-2H3. The van der Waals surface area contributed by atoms with E-state index in [1.165, 1.54) is 37.7 Å². The number of unbranched alkanes of at least 4 members (excludes halogenated alkanes) is 1. The molecule has 3 rings (SSSR count). The van der Waals surface area contributed by atoms with E-state index < -0.39 is 0 Å². The van der Waals surface area contributed by atoms with Crippen molar-refractivity contribution in [2.24, 2.45) is 11.8 Å². The molecule has 0 aliphatic heterocycles. The fraction of sp³-hybridized carbons (Fsp3) is 0.520. The summed E-state index contributed by atoms with van der Waals surface area (Å²) in [4.78, 5) is 17.1. The number of rotatable bonds is 8. The van der Waals surface area contributed by atoms with Crippen molar-refractivity contribution in [1.82, 2.24) is 4.98 Å². The zero-order valence-corrected chi connectivity index (χ0v) is 17.3. The molecule has 150 valence electrons. The first-order valence-corrected chi connectivity index (χ1v) is 11.0. The van der Waals surface area contributed by atoms with E-state index in [9.17, 15) is 4.79 Å². The average Bonchev–Trinajstić information content (AvgIpc) is 2.74. The van der Waals surface area contributed by atoms with Crippen LogP contribution in [0.3, 0.4) is 0 Å². The minimum atomic E-state index is -0.0660. The molecule has 1 aliphatic carbocycles. The van der Waals surface area contributed by atoms with Gasteiger partial charge >= 0.3 is 5.97 Å². The molecular formula is C25H33NO2. The quantitative estimate of drug-likeness (QED) is 0.383. The Kier molecular flexibility index (Phi) is 7.64. The van der Waals surface area contributed by atoms with Gasteiger partial charge in [0.15, 0.2) is 0 Å². The predicted octanol–water partition coefficient (Wildman–Crippen LogP) is 6.60. The monoisotopic (exact) mass is 379 g/mol. The van der Waals surface area contributed by atoms with Crippen LogP contribution in [0.25, 0.3) is 11.3 Å². The maximum atomic E-state index is 12.5. The van der Waals surface area contributed by atoms with E-state index in [-0.39, 0.29) is 11.9 Å². The Morgan fingerprint density at radius 2 is 1.75 bits per heavy atom. The van der Waals surface area contributed by atoms with Gasteiger partial charge in [0.05, 0.1) is 11.6 Å². The number of pyridine rings is 1. The van der Waals surface area contributed by atoms with Crippen LogP contribution in [0.15, 0.2) is 42.6 Å². The summed E-state index contributed by atoms with van der Waals surface area (Å²) in [5.41, 5.74) is 3.25. The summed E-state index contributed by atoms with van der Waals surface area (Å²) in [6.45, 7) is 4.41. The molecule has 1 aromatic heterocycles. The molecular weight excluding hydrogens is 346 g/mol. The average molecular weight is 380 g/mol. The molecule has 1 saturated carbocycles. The molecule has 0 atom stereocenters. The van der Waals surface area contributed by atoms with Gasteiger partial charge in [-0.1, -0.05) is 45.6 Å². The van der Waals surface area contributed by atoms with Crippen molar-refractivity contribution in [2.75, 3.05) is 0 Å². The first-order chi connectivity index (χ1) is 13.7. The third-order valence-electron chi connectivity index (χ3n) is 5.88. The first-order valence-electron chi connectivity index (χ1n) is 11.0. The van der Waals surface area contributed by atoms with Crippen molar-refractivity contribution in [3.05, 3.63) is 48.2 Å². The molecule has 28 heavy (non-hydrogen) atoms. The number of ether oxygens (including phenoxy) is 1. The van der Waals surface area contributed by atoms with Crippen LogP contribution in [0.1, 0.15) is 70.8 Å². The molecule has 1 aromatic carbocycles. The number of esters is 1. The van der Waals surface area contributed by atoms with E-state index in [1.54, 1.807) is 0 Å². The fourth-order valence-electron chi connectivity index (χ4n) is 4.10. The number of hydrogen-bond donors (Lipinski definition) is 0. The van der Waals surface area contributed by atoms with E-state index in [0.29, 0.717) is 5.75 Å². The van der Waals surface area contributed by atoms with Gasteiger partial charge in [-0.25, -0.2) is 0 Å². The van der Waals surface area contributed by atoms with E-state index in [1.807, 2.05) is 30.5 Å². The minimum absolute atomic E-state index is 0.0605. The van der Waals surface area contributed by atoms with Crippen molar-refractivity contribution in [1.29, 1.82) is 0 Å². The second-order valence-corrected chi connectivity index (χ2v) is 8.11. The van der Waals surface area contributed by atoms with Crippen LogP contribution < -0.4 is 4.74 Å². The lowest BCUT2D eigenvalue weighted by Gasteiger charge is -2.27. The second-order valence-electron chi connectivity index (χ2n) is 8.11. The maximum absolute atomic E-state index is 12.5. The SMILES string of the molecule is CCCCC1CCC(C(=O)Oc2ccc(-c3ccc(CCC)cn3)cc2)CC1. The lowest BCUT2D eigenvalue weighted by Crippen LogP contribution is -2.25. The third kappa shape index (κ3) is 5.67. The lowest BCUT2D eigenvalue weighted by atomic mass is 9.80. The molecule has 3 heteroatoms. The zero-order valence-electron chi connectivity index (χ0n) is 17.3. The summed E-state index contributed by atoms with van der Waals surface area (Å²) >= 11 is 0. The summed E-state index contributed by atoms with van der Waals surface area (Å²) in [6, 6.07) is 11.9. The topological polar surface area (TPSA) is 39.2 Å². The number of benzene rings is 1. The fourth-order valence-corrected chi connectivity index (χ4v) is 4.10. The third-order valence-corrected chi connectivity index (χ3v) is 5.88. The minimum Gasteiger partial charge on any atom is -0.426 e. The number of hydrogen-bond acceptors (Lipinski definition) is 3. The highest BCUT2D eigenvalue weighted by atomic mass is 16.5. The van der Waals surface area contributed by atoms with E-state index in [2.05, 4.69) is 31.0 Å². The molecule has 2 aromatic rings. The summed E-state index contributed by atoms with van der Waals surface area (Å²) < 4.78 is 5.65. The van der Waals surface area contributed by atoms with Gasteiger partial charge in [0.25, 0.3) is 0 Å². The molecule has 0 bridgehead atoms. The summed E-state index contributed by atoms with van der Waals surface area (Å²) in [5, 5.41) is 0. The maximum Gasteiger partial charge on any atom is 0.314 e. The molecule has 0 N–H and O–H groups in total. The van der Waals surface area contributed by atoms with Gasteiger partial charge in [-0.15, -0.1) is 0 Å². The van der Waals surface area contributed by atoms with Gasteiger partial charge in [-0.2, -0.15) is 0 Å². The first kappa shape index (κ1) is 20.6. The van der Waals surface area contributed by atoms with Crippen LogP contribution in [0.2, 0.25) is 0 Å². The summed E-state index contributed by atoms with van der Waals surface area (Å²) in [6.07, 6.45) is 12.3. The smallest absolute Gasteiger partial charge is 0.314 e. The van der Waals surface area contributed by atoms with Gasteiger partial charge < -0.3 is 4.74 Å². The second kappa shape index (κ2) is 10.4. The largest absolute Gasteiger partial charge is 0.426 e. The van der Waals surface area contributed by atoms with Gasteiger partial charge in [0.1, 0.15) is 5.75 Å². The van der Waals surface area contributed by atoms with Crippen molar-refractivity contribution in [2.45, 2.75) is 71.6 Å². The van der Waals surface area contributed by atoms with E-state index in [0.717, 1.165) is 42.9 Å². The summed E-state index contributed by atoms with van der Waals surface area (Å²) in [7, 11) is 0. The lowest BCUT2D eigenvalue weighted by molar-refractivity contribution is -0.140. The molecule has 0 radical (unpaired) electrons. The Morgan fingerprint density at radius 3 is 2.36 bits per heavy atom. The van der Waals surface area contributed by atoms with E-state index >= 15 is 0 Å². The molecule has 0 spiro atoms. The molecule has 0 saturated heterocycles. The zero-order chi connectivity index (χ0) is 19.8. The highest BCUT2D eigenvalue weighted by Gasteiger charge is 2.27. The number of nitrogens with zero attached hydrogens (tertiary/aromatic N) is 1. The Hall–Kier alpha value is -2.16. The van der Waals surface area contributed by atoms with Crippen LogP contribution in [0.5, 0.6) is 5.75 Å². The highest BCUT2D eigenvalue weighted by molar-refractivity contribution is 5.75. The van der Waals surface area contributed by atoms with Crippen molar-refractivity contribution >= 4 is 5.97 Å². The van der Waals surface area contributed by atoms with Gasteiger partial charge in [-0.05, 0) is 73.9 Å². The molecule has 1 fully saturated rings. The number of aryl methyl sites for hydroxylation is 1. The van der Waals surface area contributed by atoms with Crippen molar-refractivity contribution < 1.29 is 9.53 Å². The van der Waals surface area contributed by atoms with Crippen molar-refractivity contribution in [3.8, 4) is 17.0 Å². The van der Waals surface area contributed by atoms with Gasteiger partial charge in [-0.3, -0.25) is 9.78 Å². The van der Waals surface area contributed by atoms with Crippen LogP contribution in [0, 0.1) is 11.8 Å². The van der Waals surface area contributed by atoms with Crippen LogP contribution in [0.4, 0.5) is 0 Å². The number of carbonyl (C=O) groups is 1. The Bertz CT molecular complexity index is 728. The molecule has 0 amide bonds. The van der Waals surface area contributed by atoms with E-state index in [4.69, 9.17) is 4.74 Å². The van der Waals surface area contributed by atoms with Crippen molar-refractivity contribution in [3.63, 3.8) is 0 Å². The Morgan fingerprint density at radius 1 is 1.00 bits per heavy atom. The van der Waals surface area contributed by atoms with Crippen LogP contribution >= 0.6 is 0 Å². The van der Waals surface area contributed by atoms with Gasteiger partial charge in [0, 0.05) is 11.8 Å². The predicted molar refractivity (Wildman–Crippen MR) is 114 cm³/mol. The van der Waals surface area contributed by atoms with Gasteiger partial charge in [0.2, 0.25) is 0 Å². The number of aromatic nitrogens is 1. The molecule has 0 unspecified atom stereocenters. The Labute approximate surface area is 169 Å². The van der Waals surface area contributed by atoms with Crippen LogP contribution in [-0.4, -0.2) is 11.0 Å². The molecule has 3 nitrogen and oxygen atoms in total. The Balaban J connectivity index is 1.52. The normalized spacial score (nSPS) is 19.4. The highest BCUT2D eigenvalue weighted by Crippen LogP contribution is 2.33. The molecule has 1 aliphatic rings. The summed E-state index contributed by atoms with van der Waals surface area (Å²) in [5.74, 6) is 1.43.